The lowest BCUT2D eigenvalue weighted by Crippen LogP contribution is -2.49. The molecule has 3 fully saturated rings. The van der Waals surface area contributed by atoms with Crippen LogP contribution in [0.25, 0.3) is 0 Å². The second-order valence-corrected chi connectivity index (χ2v) is 8.45. The highest BCUT2D eigenvalue weighted by molar-refractivity contribution is 4.93. The van der Waals surface area contributed by atoms with Crippen molar-refractivity contribution in [3.63, 3.8) is 0 Å². The Balaban J connectivity index is 1.58. The van der Waals surface area contributed by atoms with Crippen LogP contribution in [0.15, 0.2) is 0 Å². The lowest BCUT2D eigenvalue weighted by atomic mass is 9.72. The second-order valence-electron chi connectivity index (χ2n) is 8.45. The molecule has 2 saturated carbocycles. The molecular formula is C19H36N2. The number of nitrogens with zero attached hydrogens (tertiary/aromatic N) is 1. The van der Waals surface area contributed by atoms with Gasteiger partial charge in [0, 0.05) is 25.7 Å². The topological polar surface area (TPSA) is 15.3 Å². The Kier molecular flexibility index (Phi) is 5.27. The first-order chi connectivity index (χ1) is 10.2. The van der Waals surface area contributed by atoms with Crippen LogP contribution in [-0.2, 0) is 0 Å². The fraction of sp³-hybridized carbons (Fsp3) is 1.00. The quantitative estimate of drug-likeness (QED) is 0.830. The first-order valence-electron chi connectivity index (χ1n) is 9.63. The molecule has 0 aromatic heterocycles. The summed E-state index contributed by atoms with van der Waals surface area (Å²) in [5, 5.41) is 3.88. The van der Waals surface area contributed by atoms with Crippen LogP contribution in [0.2, 0.25) is 0 Å². The average molecular weight is 293 g/mol. The van der Waals surface area contributed by atoms with E-state index in [2.05, 4.69) is 31.0 Å². The first-order valence-corrected chi connectivity index (χ1v) is 9.63. The molecule has 2 nitrogen and oxygen atoms in total. The van der Waals surface area contributed by atoms with Gasteiger partial charge < -0.3 is 10.2 Å². The van der Waals surface area contributed by atoms with Gasteiger partial charge in [-0.15, -0.1) is 0 Å². The zero-order valence-electron chi connectivity index (χ0n) is 14.5. The van der Waals surface area contributed by atoms with E-state index in [0.29, 0.717) is 0 Å². The van der Waals surface area contributed by atoms with Crippen LogP contribution in [-0.4, -0.2) is 37.1 Å². The van der Waals surface area contributed by atoms with Crippen molar-refractivity contribution in [1.29, 1.82) is 0 Å². The third-order valence-electron chi connectivity index (χ3n) is 6.61. The molecule has 122 valence electrons. The van der Waals surface area contributed by atoms with Gasteiger partial charge in [0.25, 0.3) is 0 Å². The van der Waals surface area contributed by atoms with Crippen LogP contribution >= 0.6 is 0 Å². The lowest BCUT2D eigenvalue weighted by molar-refractivity contribution is 0.107. The van der Waals surface area contributed by atoms with Crippen molar-refractivity contribution >= 4 is 0 Å². The van der Waals surface area contributed by atoms with E-state index in [1.807, 2.05) is 0 Å². The Labute approximate surface area is 132 Å². The summed E-state index contributed by atoms with van der Waals surface area (Å²) in [5.41, 5.74) is 0. The highest BCUT2D eigenvalue weighted by atomic mass is 15.2. The summed E-state index contributed by atoms with van der Waals surface area (Å²) < 4.78 is 0. The Morgan fingerprint density at radius 1 is 1.05 bits per heavy atom. The molecule has 0 spiro atoms. The zero-order valence-corrected chi connectivity index (χ0v) is 14.5. The van der Waals surface area contributed by atoms with Gasteiger partial charge in [-0.1, -0.05) is 27.2 Å². The number of hydrogen-bond donors (Lipinski definition) is 1. The van der Waals surface area contributed by atoms with E-state index in [-0.39, 0.29) is 0 Å². The van der Waals surface area contributed by atoms with E-state index in [9.17, 15) is 0 Å². The van der Waals surface area contributed by atoms with Crippen molar-refractivity contribution in [3.8, 4) is 0 Å². The lowest BCUT2D eigenvalue weighted by Gasteiger charge is -2.42. The van der Waals surface area contributed by atoms with Gasteiger partial charge in [0.05, 0.1) is 0 Å². The number of nitrogens with one attached hydrogen (secondary N) is 1. The third kappa shape index (κ3) is 3.64. The minimum Gasteiger partial charge on any atom is -0.314 e. The van der Waals surface area contributed by atoms with Gasteiger partial charge in [0.1, 0.15) is 0 Å². The number of likely N-dealkylation sites (tertiary alicyclic amines) is 1. The molecule has 21 heavy (non-hydrogen) atoms. The predicted molar refractivity (Wildman–Crippen MR) is 90.4 cm³/mol. The van der Waals surface area contributed by atoms with Gasteiger partial charge >= 0.3 is 0 Å². The van der Waals surface area contributed by atoms with Crippen molar-refractivity contribution < 1.29 is 0 Å². The number of fused-ring (bicyclic) bond motifs is 1. The Morgan fingerprint density at radius 2 is 1.76 bits per heavy atom. The van der Waals surface area contributed by atoms with E-state index in [4.69, 9.17) is 0 Å². The fourth-order valence-electron chi connectivity index (χ4n) is 5.56. The van der Waals surface area contributed by atoms with Gasteiger partial charge in [0.2, 0.25) is 0 Å². The molecule has 3 aliphatic rings. The summed E-state index contributed by atoms with van der Waals surface area (Å²) in [6.07, 6.45) is 8.62. The molecule has 1 saturated heterocycles. The Bertz CT molecular complexity index is 318. The monoisotopic (exact) mass is 292 g/mol. The maximum Gasteiger partial charge on any atom is 0.0113 e. The molecule has 0 amide bonds. The van der Waals surface area contributed by atoms with E-state index < -0.39 is 0 Å². The predicted octanol–water partition coefficient (Wildman–Crippen LogP) is 3.77. The summed E-state index contributed by atoms with van der Waals surface area (Å²) in [7, 11) is 0. The van der Waals surface area contributed by atoms with Crippen LogP contribution in [0.1, 0.15) is 59.3 Å². The summed E-state index contributed by atoms with van der Waals surface area (Å²) in [5.74, 6) is 4.77. The Hall–Kier alpha value is -0.0800. The largest absolute Gasteiger partial charge is 0.314 e. The molecule has 1 N–H and O–H groups in total. The molecule has 2 aliphatic carbocycles. The molecule has 3 rings (SSSR count). The minimum atomic E-state index is 0.768. The van der Waals surface area contributed by atoms with Gasteiger partial charge in [-0.2, -0.15) is 0 Å². The molecule has 6 unspecified atom stereocenters. The van der Waals surface area contributed by atoms with Crippen molar-refractivity contribution in [2.45, 2.75) is 65.3 Å². The summed E-state index contributed by atoms with van der Waals surface area (Å²) in [6, 6.07) is 0.768. The van der Waals surface area contributed by atoms with Crippen molar-refractivity contribution in [3.05, 3.63) is 0 Å². The van der Waals surface area contributed by atoms with Crippen LogP contribution in [0.5, 0.6) is 0 Å². The van der Waals surface area contributed by atoms with E-state index in [1.54, 1.807) is 0 Å². The summed E-state index contributed by atoms with van der Waals surface area (Å²) in [6.45, 7) is 12.6. The number of hydrogen-bond acceptors (Lipinski definition) is 2. The normalized spacial score (nSPS) is 44.1. The average Bonchev–Trinajstić information content (AvgIpc) is 3.00. The maximum atomic E-state index is 3.88. The Morgan fingerprint density at radius 3 is 2.43 bits per heavy atom. The van der Waals surface area contributed by atoms with Crippen LogP contribution < -0.4 is 5.32 Å². The molecule has 1 aliphatic heterocycles. The molecule has 0 aromatic carbocycles. The van der Waals surface area contributed by atoms with Gasteiger partial charge in [-0.3, -0.25) is 0 Å². The highest BCUT2D eigenvalue weighted by Gasteiger charge is 2.40. The molecule has 0 radical (unpaired) electrons. The SMILES string of the molecule is CCCNC1CC(C)CC(C)C1CN1CC2CCCC2C1. The van der Waals surface area contributed by atoms with E-state index in [1.165, 1.54) is 64.7 Å². The summed E-state index contributed by atoms with van der Waals surface area (Å²) in [4.78, 5) is 2.83. The highest BCUT2D eigenvalue weighted by Crippen LogP contribution is 2.40. The van der Waals surface area contributed by atoms with Gasteiger partial charge in [0.15, 0.2) is 0 Å². The minimum absolute atomic E-state index is 0.768. The van der Waals surface area contributed by atoms with Crippen molar-refractivity contribution in [2.75, 3.05) is 26.2 Å². The maximum absolute atomic E-state index is 3.88. The van der Waals surface area contributed by atoms with E-state index >= 15 is 0 Å². The number of rotatable bonds is 5. The van der Waals surface area contributed by atoms with E-state index in [0.717, 1.165) is 35.6 Å². The zero-order chi connectivity index (χ0) is 14.8. The second kappa shape index (κ2) is 7.00. The van der Waals surface area contributed by atoms with Crippen LogP contribution in [0, 0.1) is 29.6 Å². The molecule has 6 atom stereocenters. The fourth-order valence-corrected chi connectivity index (χ4v) is 5.56. The first kappa shape index (κ1) is 15.8. The van der Waals surface area contributed by atoms with Crippen LogP contribution in [0.3, 0.4) is 0 Å². The van der Waals surface area contributed by atoms with Gasteiger partial charge in [-0.05, 0) is 68.2 Å². The smallest absolute Gasteiger partial charge is 0.0113 e. The molecule has 1 heterocycles. The molecule has 0 bridgehead atoms. The third-order valence-corrected chi connectivity index (χ3v) is 6.61. The molecule has 0 aromatic rings. The standard InChI is InChI=1S/C19H36N2/c1-4-8-20-19-10-14(2)9-15(3)18(19)13-21-11-16-6-5-7-17(16)12-21/h14-20H,4-13H2,1-3H3. The molecule has 2 heteroatoms. The van der Waals surface area contributed by atoms with Crippen molar-refractivity contribution in [1.82, 2.24) is 10.2 Å². The molecular weight excluding hydrogens is 256 g/mol. The van der Waals surface area contributed by atoms with Gasteiger partial charge in [-0.25, -0.2) is 0 Å². The summed E-state index contributed by atoms with van der Waals surface area (Å²) >= 11 is 0. The van der Waals surface area contributed by atoms with Crippen molar-refractivity contribution in [2.24, 2.45) is 29.6 Å². The van der Waals surface area contributed by atoms with Crippen LogP contribution in [0.4, 0.5) is 0 Å².